The van der Waals surface area contributed by atoms with Gasteiger partial charge in [0, 0.05) is 16.6 Å². The minimum Gasteiger partial charge on any atom is -0.508 e. The predicted molar refractivity (Wildman–Crippen MR) is 90.6 cm³/mol. The smallest absolute Gasteiger partial charge is 0.323 e. The lowest BCUT2D eigenvalue weighted by atomic mass is 10.1. The average Bonchev–Trinajstić information content (AvgIpc) is 2.56. The van der Waals surface area contributed by atoms with E-state index in [1.54, 1.807) is 48.5 Å². The molecule has 0 aromatic heterocycles. The van der Waals surface area contributed by atoms with Crippen LogP contribution in [-0.4, -0.2) is 16.2 Å². The average molecular weight is 308 g/mol. The lowest BCUT2D eigenvalue weighted by Crippen LogP contribution is -2.20. The third-order valence-electron chi connectivity index (χ3n) is 3.55. The summed E-state index contributed by atoms with van der Waals surface area (Å²) < 4.78 is 0. The van der Waals surface area contributed by atoms with Crippen molar-refractivity contribution in [3.63, 3.8) is 0 Å². The highest BCUT2D eigenvalue weighted by molar-refractivity contribution is 6.06. The summed E-state index contributed by atoms with van der Waals surface area (Å²) in [6.45, 7) is -0.154. The summed E-state index contributed by atoms with van der Waals surface area (Å²) >= 11 is 0. The molecule has 0 aliphatic heterocycles. The first-order valence-corrected chi connectivity index (χ1v) is 7.16. The number of rotatable bonds is 3. The van der Waals surface area contributed by atoms with Gasteiger partial charge in [-0.2, -0.15) is 0 Å². The van der Waals surface area contributed by atoms with Crippen LogP contribution in [0.1, 0.15) is 5.56 Å². The number of anilines is 2. The van der Waals surface area contributed by atoms with E-state index in [2.05, 4.69) is 10.6 Å². The molecule has 23 heavy (non-hydrogen) atoms. The second-order valence-electron chi connectivity index (χ2n) is 5.11. The van der Waals surface area contributed by atoms with Crippen LogP contribution in [0.15, 0.2) is 60.7 Å². The molecule has 5 heteroatoms. The van der Waals surface area contributed by atoms with Gasteiger partial charge < -0.3 is 20.8 Å². The van der Waals surface area contributed by atoms with Gasteiger partial charge in [-0.05, 0) is 29.7 Å². The summed E-state index contributed by atoms with van der Waals surface area (Å²) in [6.07, 6.45) is 0. The topological polar surface area (TPSA) is 81.6 Å². The van der Waals surface area contributed by atoms with Crippen molar-refractivity contribution in [2.75, 3.05) is 10.6 Å². The molecule has 3 aromatic rings. The molecular weight excluding hydrogens is 292 g/mol. The number of carbonyl (C=O) groups is 1. The third kappa shape index (κ3) is 3.25. The summed E-state index contributed by atoms with van der Waals surface area (Å²) in [7, 11) is 0. The largest absolute Gasteiger partial charge is 0.508 e. The van der Waals surface area contributed by atoms with Crippen molar-refractivity contribution in [2.45, 2.75) is 6.61 Å². The van der Waals surface area contributed by atoms with Gasteiger partial charge in [-0.3, -0.25) is 0 Å². The highest BCUT2D eigenvalue weighted by Gasteiger charge is 2.08. The summed E-state index contributed by atoms with van der Waals surface area (Å²) in [5.41, 5.74) is 1.78. The van der Waals surface area contributed by atoms with Gasteiger partial charge in [0.15, 0.2) is 0 Å². The highest BCUT2D eigenvalue weighted by Crippen LogP contribution is 2.27. The lowest BCUT2D eigenvalue weighted by molar-refractivity contribution is 0.262. The molecule has 0 fully saturated rings. The zero-order chi connectivity index (χ0) is 16.2. The van der Waals surface area contributed by atoms with Gasteiger partial charge in [-0.25, -0.2) is 4.79 Å². The molecule has 0 atom stereocenters. The number of phenolic OH excluding ortho intramolecular Hbond substituents is 1. The number of carbonyl (C=O) groups excluding carboxylic acids is 1. The molecule has 0 radical (unpaired) electrons. The minimum atomic E-state index is -0.415. The molecule has 0 unspecified atom stereocenters. The fourth-order valence-electron chi connectivity index (χ4n) is 2.43. The Kier molecular flexibility index (Phi) is 4.12. The first-order valence-electron chi connectivity index (χ1n) is 7.16. The molecular formula is C18H16N2O3. The van der Waals surface area contributed by atoms with Gasteiger partial charge >= 0.3 is 6.03 Å². The molecule has 0 aliphatic carbocycles. The second kappa shape index (κ2) is 6.37. The third-order valence-corrected chi connectivity index (χ3v) is 3.55. The number of urea groups is 1. The van der Waals surface area contributed by atoms with Crippen LogP contribution in [0.4, 0.5) is 16.2 Å². The number of aromatic hydroxyl groups is 1. The van der Waals surface area contributed by atoms with E-state index >= 15 is 0 Å². The van der Waals surface area contributed by atoms with Crippen LogP contribution in [0.5, 0.6) is 5.75 Å². The maximum absolute atomic E-state index is 12.2. The summed E-state index contributed by atoms with van der Waals surface area (Å²) in [4.78, 5) is 12.2. The second-order valence-corrected chi connectivity index (χ2v) is 5.11. The molecule has 5 nitrogen and oxygen atoms in total. The Bertz CT molecular complexity index is 862. The Labute approximate surface area is 133 Å². The maximum atomic E-state index is 12.2. The zero-order valence-corrected chi connectivity index (χ0v) is 12.3. The molecule has 0 aliphatic rings. The fraction of sp³-hybridized carbons (Fsp3) is 0.0556. The molecule has 3 aromatic carbocycles. The Morgan fingerprint density at radius 3 is 2.48 bits per heavy atom. The number of aliphatic hydroxyl groups is 1. The number of aliphatic hydroxyl groups excluding tert-OH is 1. The number of amides is 2. The number of hydrogen-bond donors (Lipinski definition) is 4. The van der Waals surface area contributed by atoms with Gasteiger partial charge in [0.2, 0.25) is 0 Å². The predicted octanol–water partition coefficient (Wildman–Crippen LogP) is 3.68. The van der Waals surface area contributed by atoms with Crippen molar-refractivity contribution in [3.8, 4) is 5.75 Å². The highest BCUT2D eigenvalue weighted by atomic mass is 16.3. The number of para-hydroxylation sites is 1. The van der Waals surface area contributed by atoms with Crippen LogP contribution < -0.4 is 10.6 Å². The molecule has 4 N–H and O–H groups in total. The normalized spacial score (nSPS) is 10.5. The zero-order valence-electron chi connectivity index (χ0n) is 12.3. The van der Waals surface area contributed by atoms with Crippen molar-refractivity contribution in [1.29, 1.82) is 0 Å². The Morgan fingerprint density at radius 2 is 1.65 bits per heavy atom. The van der Waals surface area contributed by atoms with E-state index in [-0.39, 0.29) is 12.4 Å². The Hall–Kier alpha value is -3.05. The van der Waals surface area contributed by atoms with Crippen molar-refractivity contribution < 1.29 is 15.0 Å². The van der Waals surface area contributed by atoms with E-state index in [0.717, 1.165) is 10.8 Å². The number of nitrogens with one attached hydrogen (secondary N) is 2. The molecule has 0 bridgehead atoms. The van der Waals surface area contributed by atoms with E-state index in [1.165, 1.54) is 0 Å². The van der Waals surface area contributed by atoms with Crippen LogP contribution in [0.2, 0.25) is 0 Å². The minimum absolute atomic E-state index is 0.137. The van der Waals surface area contributed by atoms with Crippen LogP contribution >= 0.6 is 0 Å². The lowest BCUT2D eigenvalue weighted by Gasteiger charge is -2.12. The fourth-order valence-corrected chi connectivity index (χ4v) is 2.43. The Morgan fingerprint density at radius 1 is 0.913 bits per heavy atom. The molecule has 0 heterocycles. The monoisotopic (exact) mass is 308 g/mol. The van der Waals surface area contributed by atoms with Crippen molar-refractivity contribution in [3.05, 3.63) is 66.2 Å². The van der Waals surface area contributed by atoms with Crippen LogP contribution in [0.25, 0.3) is 10.8 Å². The number of fused-ring (bicyclic) bond motifs is 1. The number of benzene rings is 3. The van der Waals surface area contributed by atoms with Crippen LogP contribution in [0, 0.1) is 0 Å². The van der Waals surface area contributed by atoms with E-state index in [1.807, 2.05) is 12.1 Å². The Balaban J connectivity index is 1.84. The SMILES string of the molecule is O=C(Nc1ccccc1CO)Nc1cccc2ccc(O)cc12. The molecule has 3 rings (SSSR count). The van der Waals surface area contributed by atoms with Gasteiger partial charge in [-0.1, -0.05) is 36.4 Å². The van der Waals surface area contributed by atoms with Crippen molar-refractivity contribution in [1.82, 2.24) is 0 Å². The maximum Gasteiger partial charge on any atom is 0.323 e. The molecule has 2 amide bonds. The molecule has 0 saturated carbocycles. The van der Waals surface area contributed by atoms with Crippen molar-refractivity contribution in [2.24, 2.45) is 0 Å². The van der Waals surface area contributed by atoms with Crippen LogP contribution in [-0.2, 0) is 6.61 Å². The summed E-state index contributed by atoms with van der Waals surface area (Å²) in [5.74, 6) is 0.137. The number of hydrogen-bond acceptors (Lipinski definition) is 3. The molecule has 0 spiro atoms. The van der Waals surface area contributed by atoms with Crippen molar-refractivity contribution >= 4 is 28.2 Å². The molecule has 116 valence electrons. The standard InChI is InChI=1S/C18H16N2O3/c21-11-13-4-1-2-6-16(13)19-18(23)20-17-7-3-5-12-8-9-14(22)10-15(12)17/h1-10,21-22H,11H2,(H2,19,20,23). The van der Waals surface area contributed by atoms with Gasteiger partial charge in [0.1, 0.15) is 5.75 Å². The van der Waals surface area contributed by atoms with Crippen LogP contribution in [0.3, 0.4) is 0 Å². The first kappa shape index (κ1) is 14.9. The van der Waals surface area contributed by atoms with Gasteiger partial charge in [0.05, 0.1) is 12.3 Å². The van der Waals surface area contributed by atoms with E-state index < -0.39 is 6.03 Å². The van der Waals surface area contributed by atoms with E-state index in [9.17, 15) is 15.0 Å². The number of phenols is 1. The first-order chi connectivity index (χ1) is 11.2. The summed E-state index contributed by atoms with van der Waals surface area (Å²) in [6, 6.07) is 17.1. The quantitative estimate of drug-likeness (QED) is 0.596. The van der Waals surface area contributed by atoms with Gasteiger partial charge in [-0.15, -0.1) is 0 Å². The molecule has 0 saturated heterocycles. The van der Waals surface area contributed by atoms with Gasteiger partial charge in [0.25, 0.3) is 0 Å². The van der Waals surface area contributed by atoms with E-state index in [4.69, 9.17) is 0 Å². The van der Waals surface area contributed by atoms with E-state index in [0.29, 0.717) is 16.9 Å². The summed E-state index contributed by atoms with van der Waals surface area (Å²) in [5, 5.41) is 26.1.